The third-order valence-electron chi connectivity index (χ3n) is 3.58. The third-order valence-corrected chi connectivity index (χ3v) is 3.85. The first-order valence-corrected chi connectivity index (χ1v) is 8.09. The quantitative estimate of drug-likeness (QED) is 0.721. The molecule has 0 N–H and O–H groups in total. The summed E-state index contributed by atoms with van der Waals surface area (Å²) in [6, 6.07) is 2.43. The molecule has 2 heterocycles. The summed E-state index contributed by atoms with van der Waals surface area (Å²) in [6.45, 7) is 5.82. The lowest BCUT2D eigenvalue weighted by molar-refractivity contribution is 0.304. The summed E-state index contributed by atoms with van der Waals surface area (Å²) in [5.74, 6) is 2.23. The maximum Gasteiger partial charge on any atom is 0.229 e. The summed E-state index contributed by atoms with van der Waals surface area (Å²) in [4.78, 5) is 11.5. The first-order chi connectivity index (χ1) is 9.74. The summed E-state index contributed by atoms with van der Waals surface area (Å²) in [7, 11) is 0. The average molecular weight is 298 g/mol. The van der Waals surface area contributed by atoms with E-state index in [4.69, 9.17) is 16.3 Å². The van der Waals surface area contributed by atoms with Crippen molar-refractivity contribution in [3.63, 3.8) is 0 Å². The van der Waals surface area contributed by atoms with Crippen LogP contribution in [0.1, 0.15) is 44.7 Å². The number of halogens is 1. The number of anilines is 1. The van der Waals surface area contributed by atoms with E-state index < -0.39 is 0 Å². The lowest BCUT2D eigenvalue weighted by atomic mass is 10.1. The van der Waals surface area contributed by atoms with Crippen LogP contribution in [0, 0.1) is 6.92 Å². The van der Waals surface area contributed by atoms with Gasteiger partial charge < -0.3 is 9.64 Å². The van der Waals surface area contributed by atoms with Gasteiger partial charge in [-0.25, -0.2) is 4.98 Å². The van der Waals surface area contributed by atoms with E-state index in [1.165, 1.54) is 12.8 Å². The molecule has 0 aromatic carbocycles. The number of rotatable bonds is 7. The van der Waals surface area contributed by atoms with Gasteiger partial charge in [-0.2, -0.15) is 4.98 Å². The minimum atomic E-state index is 0.523. The van der Waals surface area contributed by atoms with E-state index in [0.717, 1.165) is 43.3 Å². The lowest BCUT2D eigenvalue weighted by Crippen LogP contribution is -2.31. The Labute approximate surface area is 126 Å². The summed E-state index contributed by atoms with van der Waals surface area (Å²) in [6.07, 6.45) is 5.56. The Morgan fingerprint density at radius 3 is 3.05 bits per heavy atom. The molecular formula is C15H24ClN3O. The van der Waals surface area contributed by atoms with Crippen LogP contribution in [0.3, 0.4) is 0 Å². The molecule has 1 aromatic heterocycles. The van der Waals surface area contributed by atoms with E-state index in [2.05, 4.69) is 21.8 Å². The topological polar surface area (TPSA) is 38.2 Å². The molecule has 1 saturated heterocycles. The third kappa shape index (κ3) is 3.98. The molecule has 1 aliphatic heterocycles. The van der Waals surface area contributed by atoms with Crippen molar-refractivity contribution in [3.8, 4) is 5.88 Å². The molecule has 20 heavy (non-hydrogen) atoms. The van der Waals surface area contributed by atoms with E-state index in [9.17, 15) is 0 Å². The summed E-state index contributed by atoms with van der Waals surface area (Å²) >= 11 is 5.81. The molecule has 4 nitrogen and oxygen atoms in total. The Kier molecular flexibility index (Phi) is 5.89. The highest BCUT2D eigenvalue weighted by molar-refractivity contribution is 6.17. The maximum atomic E-state index is 5.81. The van der Waals surface area contributed by atoms with Crippen LogP contribution in [0.15, 0.2) is 6.07 Å². The molecule has 0 saturated carbocycles. The number of ether oxygens (including phenoxy) is 1. The molecule has 1 aliphatic rings. The van der Waals surface area contributed by atoms with Crippen LogP contribution in [0.2, 0.25) is 0 Å². The monoisotopic (exact) mass is 297 g/mol. The molecule has 112 valence electrons. The zero-order chi connectivity index (χ0) is 14.4. The van der Waals surface area contributed by atoms with Gasteiger partial charge in [0.25, 0.3) is 0 Å². The number of nitrogens with zero attached hydrogens (tertiary/aromatic N) is 3. The Morgan fingerprint density at radius 2 is 2.30 bits per heavy atom. The second-order valence-corrected chi connectivity index (χ2v) is 5.69. The maximum absolute atomic E-state index is 5.81. The van der Waals surface area contributed by atoms with Gasteiger partial charge in [-0.1, -0.05) is 6.92 Å². The molecule has 0 aliphatic carbocycles. The van der Waals surface area contributed by atoms with Gasteiger partial charge in [-0.15, -0.1) is 11.6 Å². The van der Waals surface area contributed by atoms with Crippen molar-refractivity contribution in [2.24, 2.45) is 0 Å². The highest BCUT2D eigenvalue weighted by Gasteiger charge is 2.26. The second-order valence-electron chi connectivity index (χ2n) is 5.32. The van der Waals surface area contributed by atoms with E-state index in [1.807, 2.05) is 13.0 Å². The summed E-state index contributed by atoms with van der Waals surface area (Å²) < 4.78 is 5.65. The first kappa shape index (κ1) is 15.4. The fourth-order valence-corrected chi connectivity index (χ4v) is 2.80. The van der Waals surface area contributed by atoms with Crippen LogP contribution >= 0.6 is 11.6 Å². The molecule has 0 amide bonds. The van der Waals surface area contributed by atoms with Gasteiger partial charge in [0.15, 0.2) is 0 Å². The summed E-state index contributed by atoms with van der Waals surface area (Å²) in [5, 5.41) is 0. The van der Waals surface area contributed by atoms with Crippen LogP contribution in [0.4, 0.5) is 5.95 Å². The number of hydrogen-bond acceptors (Lipinski definition) is 4. The Bertz CT molecular complexity index is 428. The smallest absolute Gasteiger partial charge is 0.229 e. The van der Waals surface area contributed by atoms with Crippen molar-refractivity contribution in [2.45, 2.75) is 52.0 Å². The molecule has 1 unspecified atom stereocenters. The normalized spacial score (nSPS) is 18.6. The first-order valence-electron chi connectivity index (χ1n) is 7.55. The van der Waals surface area contributed by atoms with Crippen LogP contribution in [-0.2, 0) is 0 Å². The molecule has 1 aromatic rings. The van der Waals surface area contributed by atoms with Gasteiger partial charge in [-0.3, -0.25) is 0 Å². The van der Waals surface area contributed by atoms with Crippen LogP contribution in [-0.4, -0.2) is 35.0 Å². The molecule has 0 spiro atoms. The molecule has 0 bridgehead atoms. The average Bonchev–Trinajstić information content (AvgIpc) is 2.90. The van der Waals surface area contributed by atoms with Crippen LogP contribution in [0.5, 0.6) is 5.88 Å². The van der Waals surface area contributed by atoms with Crippen molar-refractivity contribution in [3.05, 3.63) is 11.8 Å². The standard InChI is InChI=1S/C15H24ClN3O/c1-3-10-20-14-11-12(2)17-15(18-14)19-9-5-7-13(19)6-4-8-16/h11,13H,3-10H2,1-2H3. The Balaban J connectivity index is 2.11. The van der Waals surface area contributed by atoms with Crippen molar-refractivity contribution < 1.29 is 4.74 Å². The largest absolute Gasteiger partial charge is 0.478 e. The summed E-state index contributed by atoms with van der Waals surface area (Å²) in [5.41, 5.74) is 0.962. The fourth-order valence-electron chi connectivity index (χ4n) is 2.65. The van der Waals surface area contributed by atoms with Gasteiger partial charge >= 0.3 is 0 Å². The molecule has 2 rings (SSSR count). The molecule has 1 fully saturated rings. The number of alkyl halides is 1. The molecule has 0 radical (unpaired) electrons. The van der Waals surface area contributed by atoms with E-state index in [-0.39, 0.29) is 0 Å². The number of aryl methyl sites for hydroxylation is 1. The highest BCUT2D eigenvalue weighted by atomic mass is 35.5. The molecular weight excluding hydrogens is 274 g/mol. The SMILES string of the molecule is CCCOc1cc(C)nc(N2CCCC2CCCCl)n1. The van der Waals surface area contributed by atoms with Crippen LogP contribution < -0.4 is 9.64 Å². The lowest BCUT2D eigenvalue weighted by Gasteiger charge is -2.25. The van der Waals surface area contributed by atoms with Crippen molar-refractivity contribution in [1.82, 2.24) is 9.97 Å². The molecule has 1 atom stereocenters. The number of hydrogen-bond donors (Lipinski definition) is 0. The van der Waals surface area contributed by atoms with Gasteiger partial charge in [0.1, 0.15) is 0 Å². The zero-order valence-electron chi connectivity index (χ0n) is 12.4. The Hall–Kier alpha value is -1.03. The Morgan fingerprint density at radius 1 is 1.45 bits per heavy atom. The number of aromatic nitrogens is 2. The highest BCUT2D eigenvalue weighted by Crippen LogP contribution is 2.27. The van der Waals surface area contributed by atoms with Gasteiger partial charge in [-0.05, 0) is 39.0 Å². The van der Waals surface area contributed by atoms with E-state index >= 15 is 0 Å². The van der Waals surface area contributed by atoms with Gasteiger partial charge in [0.05, 0.1) is 6.61 Å². The van der Waals surface area contributed by atoms with Crippen LogP contribution in [0.25, 0.3) is 0 Å². The van der Waals surface area contributed by atoms with E-state index in [0.29, 0.717) is 18.5 Å². The van der Waals surface area contributed by atoms with Crippen molar-refractivity contribution in [1.29, 1.82) is 0 Å². The predicted molar refractivity (Wildman–Crippen MR) is 82.9 cm³/mol. The van der Waals surface area contributed by atoms with E-state index in [1.54, 1.807) is 0 Å². The zero-order valence-corrected chi connectivity index (χ0v) is 13.2. The van der Waals surface area contributed by atoms with Crippen molar-refractivity contribution in [2.75, 3.05) is 23.9 Å². The van der Waals surface area contributed by atoms with Gasteiger partial charge in [0.2, 0.25) is 11.8 Å². The minimum Gasteiger partial charge on any atom is -0.478 e. The molecule has 5 heteroatoms. The van der Waals surface area contributed by atoms with Crippen molar-refractivity contribution >= 4 is 17.5 Å². The predicted octanol–water partition coefficient (Wildman–Crippen LogP) is 3.56. The fraction of sp³-hybridized carbons (Fsp3) is 0.733. The minimum absolute atomic E-state index is 0.523. The van der Waals surface area contributed by atoms with Gasteiger partial charge in [0, 0.05) is 30.2 Å². The second kappa shape index (κ2) is 7.67.